The smallest absolute Gasteiger partial charge is 0.257 e. The van der Waals surface area contributed by atoms with Gasteiger partial charge in [0.05, 0.1) is 17.7 Å². The van der Waals surface area contributed by atoms with Crippen molar-refractivity contribution in [3.05, 3.63) is 95.9 Å². The molecule has 4 rings (SSSR count). The number of likely N-dealkylation sites (tertiary alicyclic amines) is 1. The molecule has 0 radical (unpaired) electrons. The van der Waals surface area contributed by atoms with Gasteiger partial charge in [0.1, 0.15) is 6.26 Å². The number of rotatable bonds is 5. The number of hydrogen-bond donors (Lipinski definition) is 1. The highest BCUT2D eigenvalue weighted by molar-refractivity contribution is 5.94. The van der Waals surface area contributed by atoms with Crippen LogP contribution < -0.4 is 5.32 Å². The molecule has 2 amide bonds. The van der Waals surface area contributed by atoms with Gasteiger partial charge in [-0.25, -0.2) is 0 Å². The van der Waals surface area contributed by atoms with E-state index in [1.807, 2.05) is 65.6 Å². The number of amides is 2. The molecule has 148 valence electrons. The van der Waals surface area contributed by atoms with Crippen LogP contribution in [0, 0.1) is 0 Å². The van der Waals surface area contributed by atoms with Crippen LogP contribution in [0.4, 0.5) is 0 Å². The molecule has 2 aromatic carbocycles. The van der Waals surface area contributed by atoms with Gasteiger partial charge >= 0.3 is 0 Å². The van der Waals surface area contributed by atoms with Gasteiger partial charge in [-0.2, -0.15) is 0 Å². The third-order valence-corrected chi connectivity index (χ3v) is 5.42. The van der Waals surface area contributed by atoms with Crippen molar-refractivity contribution in [3.8, 4) is 0 Å². The normalized spacial score (nSPS) is 14.7. The van der Waals surface area contributed by atoms with Gasteiger partial charge in [-0.05, 0) is 30.0 Å². The van der Waals surface area contributed by atoms with Crippen molar-refractivity contribution in [3.63, 3.8) is 0 Å². The lowest BCUT2D eigenvalue weighted by molar-refractivity contribution is -0.122. The lowest BCUT2D eigenvalue weighted by atomic mass is 9.90. The Morgan fingerprint density at radius 2 is 1.48 bits per heavy atom. The number of furan rings is 1. The number of carbonyl (C=O) groups excluding carboxylic acids is 2. The molecule has 0 atom stereocenters. The second kappa shape index (κ2) is 8.78. The SMILES string of the molecule is O=C(NC1CCN(C(=O)c2ccoc2)CC1)C(c1ccccc1)c1ccccc1. The highest BCUT2D eigenvalue weighted by Crippen LogP contribution is 2.25. The van der Waals surface area contributed by atoms with Gasteiger partial charge < -0.3 is 14.6 Å². The third-order valence-electron chi connectivity index (χ3n) is 5.42. The van der Waals surface area contributed by atoms with Crippen molar-refractivity contribution < 1.29 is 14.0 Å². The van der Waals surface area contributed by atoms with E-state index in [1.54, 1.807) is 6.07 Å². The minimum Gasteiger partial charge on any atom is -0.472 e. The fourth-order valence-corrected chi connectivity index (χ4v) is 3.87. The summed E-state index contributed by atoms with van der Waals surface area (Å²) in [5.74, 6) is -0.361. The Hall–Kier alpha value is -3.34. The van der Waals surface area contributed by atoms with Crippen molar-refractivity contribution in [2.45, 2.75) is 24.8 Å². The highest BCUT2D eigenvalue weighted by atomic mass is 16.3. The van der Waals surface area contributed by atoms with Gasteiger partial charge in [-0.1, -0.05) is 60.7 Å². The van der Waals surface area contributed by atoms with Gasteiger partial charge in [-0.15, -0.1) is 0 Å². The molecular weight excluding hydrogens is 364 g/mol. The lowest BCUT2D eigenvalue weighted by Gasteiger charge is -2.33. The molecule has 5 heteroatoms. The van der Waals surface area contributed by atoms with Crippen LogP contribution in [0.3, 0.4) is 0 Å². The summed E-state index contributed by atoms with van der Waals surface area (Å²) in [5, 5.41) is 3.21. The molecule has 0 saturated carbocycles. The summed E-state index contributed by atoms with van der Waals surface area (Å²) in [7, 11) is 0. The molecule has 2 heterocycles. The van der Waals surface area contributed by atoms with Crippen molar-refractivity contribution in [2.75, 3.05) is 13.1 Å². The second-order valence-electron chi connectivity index (χ2n) is 7.34. The topological polar surface area (TPSA) is 62.6 Å². The third kappa shape index (κ3) is 4.40. The maximum atomic E-state index is 13.2. The maximum Gasteiger partial charge on any atom is 0.257 e. The molecule has 0 bridgehead atoms. The Kier molecular flexibility index (Phi) is 5.75. The molecule has 29 heavy (non-hydrogen) atoms. The van der Waals surface area contributed by atoms with Gasteiger partial charge in [0.15, 0.2) is 0 Å². The predicted molar refractivity (Wildman–Crippen MR) is 111 cm³/mol. The number of hydrogen-bond acceptors (Lipinski definition) is 3. The molecule has 5 nitrogen and oxygen atoms in total. The Labute approximate surface area is 170 Å². The molecule has 1 aliphatic heterocycles. The van der Waals surface area contributed by atoms with E-state index in [0.717, 1.165) is 24.0 Å². The van der Waals surface area contributed by atoms with Gasteiger partial charge in [0.2, 0.25) is 5.91 Å². The molecule has 1 aliphatic rings. The molecule has 1 saturated heterocycles. The van der Waals surface area contributed by atoms with Crippen molar-refractivity contribution in [1.82, 2.24) is 10.2 Å². The standard InChI is InChI=1S/C24H24N2O3/c27-23(22(18-7-3-1-4-8-18)19-9-5-2-6-10-19)25-21-11-14-26(15-12-21)24(28)20-13-16-29-17-20/h1-10,13,16-17,21-22H,11-12,14-15H2,(H,25,27). The van der Waals surface area contributed by atoms with Crippen molar-refractivity contribution >= 4 is 11.8 Å². The summed E-state index contributed by atoms with van der Waals surface area (Å²) in [6.45, 7) is 1.24. The Morgan fingerprint density at radius 1 is 0.897 bits per heavy atom. The van der Waals surface area contributed by atoms with Crippen LogP contribution in [0.1, 0.15) is 40.2 Å². The van der Waals surface area contributed by atoms with E-state index < -0.39 is 0 Å². The Balaban J connectivity index is 1.42. The highest BCUT2D eigenvalue weighted by Gasteiger charge is 2.28. The first-order valence-corrected chi connectivity index (χ1v) is 9.94. The van der Waals surface area contributed by atoms with Crippen LogP contribution in [0.5, 0.6) is 0 Å². The summed E-state index contributed by atoms with van der Waals surface area (Å²) in [6.07, 6.45) is 4.46. The van der Waals surface area contributed by atoms with E-state index in [0.29, 0.717) is 18.7 Å². The monoisotopic (exact) mass is 388 g/mol. The van der Waals surface area contributed by atoms with E-state index in [1.165, 1.54) is 12.5 Å². The van der Waals surface area contributed by atoms with E-state index in [4.69, 9.17) is 4.42 Å². The summed E-state index contributed by atoms with van der Waals surface area (Å²) in [4.78, 5) is 27.5. The average Bonchev–Trinajstić information content (AvgIpc) is 3.30. The van der Waals surface area contributed by atoms with Crippen LogP contribution in [-0.4, -0.2) is 35.8 Å². The molecule has 1 fully saturated rings. The number of nitrogens with zero attached hydrogens (tertiary/aromatic N) is 1. The first-order valence-electron chi connectivity index (χ1n) is 9.94. The molecule has 1 N–H and O–H groups in total. The summed E-state index contributed by atoms with van der Waals surface area (Å²) >= 11 is 0. The number of benzene rings is 2. The average molecular weight is 388 g/mol. The van der Waals surface area contributed by atoms with E-state index in [-0.39, 0.29) is 23.8 Å². The first kappa shape index (κ1) is 19.0. The number of nitrogens with one attached hydrogen (secondary N) is 1. The lowest BCUT2D eigenvalue weighted by Crippen LogP contribution is -2.47. The predicted octanol–water partition coefficient (Wildman–Crippen LogP) is 3.83. The summed E-state index contributed by atoms with van der Waals surface area (Å²) < 4.78 is 5.01. The summed E-state index contributed by atoms with van der Waals surface area (Å²) in [5.41, 5.74) is 2.52. The van der Waals surface area contributed by atoms with Gasteiger partial charge in [0, 0.05) is 19.1 Å². The van der Waals surface area contributed by atoms with Gasteiger partial charge in [-0.3, -0.25) is 9.59 Å². The maximum absolute atomic E-state index is 13.2. The van der Waals surface area contributed by atoms with Crippen LogP contribution >= 0.6 is 0 Å². The largest absolute Gasteiger partial charge is 0.472 e. The zero-order chi connectivity index (χ0) is 20.1. The fourth-order valence-electron chi connectivity index (χ4n) is 3.87. The fraction of sp³-hybridized carbons (Fsp3) is 0.250. The Bertz CT molecular complexity index is 891. The van der Waals surface area contributed by atoms with Crippen LogP contribution in [0.15, 0.2) is 83.7 Å². The van der Waals surface area contributed by atoms with Crippen LogP contribution in [0.2, 0.25) is 0 Å². The van der Waals surface area contributed by atoms with E-state index in [2.05, 4.69) is 5.32 Å². The zero-order valence-corrected chi connectivity index (χ0v) is 16.2. The minimum atomic E-state index is -0.344. The molecule has 0 aliphatic carbocycles. The van der Waals surface area contributed by atoms with E-state index in [9.17, 15) is 9.59 Å². The molecule has 1 aromatic heterocycles. The van der Waals surface area contributed by atoms with E-state index >= 15 is 0 Å². The van der Waals surface area contributed by atoms with Crippen LogP contribution in [-0.2, 0) is 4.79 Å². The van der Waals surface area contributed by atoms with Crippen molar-refractivity contribution in [1.29, 1.82) is 0 Å². The van der Waals surface area contributed by atoms with Crippen LogP contribution in [0.25, 0.3) is 0 Å². The molecule has 0 unspecified atom stereocenters. The quantitative estimate of drug-likeness (QED) is 0.722. The molecule has 3 aromatic rings. The summed E-state index contributed by atoms with van der Waals surface area (Å²) in [6, 6.07) is 21.4. The second-order valence-corrected chi connectivity index (χ2v) is 7.34. The Morgan fingerprint density at radius 3 is 2.00 bits per heavy atom. The number of piperidine rings is 1. The van der Waals surface area contributed by atoms with Crippen molar-refractivity contribution in [2.24, 2.45) is 0 Å². The minimum absolute atomic E-state index is 0.00186. The van der Waals surface area contributed by atoms with Gasteiger partial charge in [0.25, 0.3) is 5.91 Å². The zero-order valence-electron chi connectivity index (χ0n) is 16.2. The first-order chi connectivity index (χ1) is 14.2. The number of carbonyl (C=O) groups is 2. The molecular formula is C24H24N2O3. The molecule has 0 spiro atoms.